The molecule has 0 radical (unpaired) electrons. The van der Waals surface area contributed by atoms with Crippen molar-refractivity contribution in [3.05, 3.63) is 47.3 Å². The third-order valence-electron chi connectivity index (χ3n) is 3.53. The van der Waals surface area contributed by atoms with E-state index in [4.69, 9.17) is 9.47 Å². The predicted molar refractivity (Wildman–Crippen MR) is 95.9 cm³/mol. The summed E-state index contributed by atoms with van der Waals surface area (Å²) in [7, 11) is 3.27. The van der Waals surface area contributed by atoms with Gasteiger partial charge in [-0.1, -0.05) is 18.2 Å². The van der Waals surface area contributed by atoms with Crippen molar-refractivity contribution in [1.82, 2.24) is 15.3 Å². The summed E-state index contributed by atoms with van der Waals surface area (Å²) in [5, 5.41) is 5.97. The molecule has 7 nitrogen and oxygen atoms in total. The number of hydrogen-bond acceptors (Lipinski definition) is 6. The van der Waals surface area contributed by atoms with E-state index in [0.717, 1.165) is 23.4 Å². The largest absolute Gasteiger partial charge is 0.496 e. The van der Waals surface area contributed by atoms with Crippen molar-refractivity contribution >= 4 is 11.9 Å². The molecule has 0 bridgehead atoms. The molecule has 0 atom stereocenters. The number of ether oxygens (including phenoxy) is 2. The smallest absolute Gasteiger partial charge is 0.270 e. The number of para-hydroxylation sites is 1. The minimum absolute atomic E-state index is 0.220. The lowest BCUT2D eigenvalue weighted by Gasteiger charge is -2.11. The number of carbonyl (C=O) groups excluding carboxylic acids is 1. The molecule has 2 aromatic rings. The summed E-state index contributed by atoms with van der Waals surface area (Å²) in [5.41, 5.74) is 2.05. The molecular weight excluding hydrogens is 320 g/mol. The Balaban J connectivity index is 2.02. The Kier molecular flexibility index (Phi) is 7.16. The summed E-state index contributed by atoms with van der Waals surface area (Å²) in [6, 6.07) is 9.38. The zero-order valence-electron chi connectivity index (χ0n) is 14.8. The van der Waals surface area contributed by atoms with Gasteiger partial charge in [-0.15, -0.1) is 0 Å². The van der Waals surface area contributed by atoms with Gasteiger partial charge in [0.15, 0.2) is 0 Å². The van der Waals surface area contributed by atoms with Crippen molar-refractivity contribution in [1.29, 1.82) is 0 Å². The van der Waals surface area contributed by atoms with Gasteiger partial charge in [0.2, 0.25) is 5.95 Å². The van der Waals surface area contributed by atoms with Crippen LogP contribution in [0.15, 0.2) is 30.3 Å². The Labute approximate surface area is 147 Å². The summed E-state index contributed by atoms with van der Waals surface area (Å²) in [6.45, 7) is 3.48. The number of nitrogens with zero attached hydrogens (tertiary/aromatic N) is 2. The lowest BCUT2D eigenvalue weighted by Crippen LogP contribution is -2.26. The number of nitrogens with one attached hydrogen (secondary N) is 2. The Bertz CT molecular complexity index is 706. The average Bonchev–Trinajstić information content (AvgIpc) is 2.63. The fourth-order valence-electron chi connectivity index (χ4n) is 2.30. The molecule has 2 N–H and O–H groups in total. The van der Waals surface area contributed by atoms with Crippen LogP contribution in [0.3, 0.4) is 0 Å². The van der Waals surface area contributed by atoms with Crippen LogP contribution in [0.4, 0.5) is 5.95 Å². The maximum Gasteiger partial charge on any atom is 0.270 e. The van der Waals surface area contributed by atoms with Gasteiger partial charge in [-0.05, 0) is 25.5 Å². The number of hydrogen-bond donors (Lipinski definition) is 2. The van der Waals surface area contributed by atoms with E-state index < -0.39 is 0 Å². The van der Waals surface area contributed by atoms with Crippen LogP contribution in [-0.4, -0.2) is 43.2 Å². The first-order chi connectivity index (χ1) is 12.1. The van der Waals surface area contributed by atoms with E-state index in [0.29, 0.717) is 31.3 Å². The van der Waals surface area contributed by atoms with Crippen LogP contribution in [0.25, 0.3) is 0 Å². The van der Waals surface area contributed by atoms with Crippen molar-refractivity contribution in [2.75, 3.05) is 32.7 Å². The van der Waals surface area contributed by atoms with Crippen LogP contribution in [0.2, 0.25) is 0 Å². The van der Waals surface area contributed by atoms with E-state index in [1.165, 1.54) is 0 Å². The Morgan fingerprint density at radius 1 is 1.20 bits per heavy atom. The van der Waals surface area contributed by atoms with Crippen molar-refractivity contribution in [3.63, 3.8) is 0 Å². The summed E-state index contributed by atoms with van der Waals surface area (Å²) in [4.78, 5) is 20.8. The van der Waals surface area contributed by atoms with Crippen LogP contribution >= 0.6 is 0 Å². The highest BCUT2D eigenvalue weighted by Gasteiger charge is 2.10. The minimum atomic E-state index is -0.220. The molecule has 0 aliphatic carbocycles. The van der Waals surface area contributed by atoms with Crippen LogP contribution in [0.5, 0.6) is 5.75 Å². The quantitative estimate of drug-likeness (QED) is 0.678. The van der Waals surface area contributed by atoms with Crippen molar-refractivity contribution in [2.45, 2.75) is 19.9 Å². The Morgan fingerprint density at radius 3 is 2.76 bits per heavy atom. The summed E-state index contributed by atoms with van der Waals surface area (Å²) in [5.74, 6) is 0.980. The monoisotopic (exact) mass is 344 g/mol. The van der Waals surface area contributed by atoms with Gasteiger partial charge >= 0.3 is 0 Å². The summed E-state index contributed by atoms with van der Waals surface area (Å²) >= 11 is 0. The van der Waals surface area contributed by atoms with E-state index in [9.17, 15) is 4.79 Å². The van der Waals surface area contributed by atoms with Gasteiger partial charge in [0, 0.05) is 38.1 Å². The van der Waals surface area contributed by atoms with Crippen LogP contribution < -0.4 is 15.4 Å². The zero-order chi connectivity index (χ0) is 18.1. The molecule has 0 saturated heterocycles. The topological polar surface area (TPSA) is 85.4 Å². The number of carbonyl (C=O) groups is 1. The lowest BCUT2D eigenvalue weighted by atomic mass is 10.2. The van der Waals surface area contributed by atoms with Gasteiger partial charge in [0.05, 0.1) is 7.11 Å². The molecule has 0 aliphatic heterocycles. The van der Waals surface area contributed by atoms with E-state index in [2.05, 4.69) is 20.6 Å². The second-order valence-electron chi connectivity index (χ2n) is 5.49. The summed E-state index contributed by atoms with van der Waals surface area (Å²) < 4.78 is 10.3. The zero-order valence-corrected chi connectivity index (χ0v) is 14.8. The first-order valence-corrected chi connectivity index (χ1v) is 8.12. The third-order valence-corrected chi connectivity index (χ3v) is 3.53. The lowest BCUT2D eigenvalue weighted by molar-refractivity contribution is 0.0943. The molecule has 1 aromatic carbocycles. The van der Waals surface area contributed by atoms with Gasteiger partial charge in [-0.3, -0.25) is 4.79 Å². The molecule has 0 unspecified atom stereocenters. The number of amides is 1. The van der Waals surface area contributed by atoms with Crippen molar-refractivity contribution < 1.29 is 14.3 Å². The molecule has 1 aromatic heterocycles. The number of aromatic nitrogens is 2. The molecule has 0 saturated carbocycles. The van der Waals surface area contributed by atoms with Crippen LogP contribution in [0.1, 0.15) is 28.2 Å². The van der Waals surface area contributed by atoms with Crippen molar-refractivity contribution in [2.24, 2.45) is 0 Å². The average molecular weight is 344 g/mol. The number of benzene rings is 1. The first-order valence-electron chi connectivity index (χ1n) is 8.12. The molecule has 0 fully saturated rings. The standard InChI is InChI=1S/C18H24N4O3/c1-13-11-15(17(23)19-9-6-10-24-2)22-18(21-13)20-12-14-7-4-5-8-16(14)25-3/h4-5,7-8,11H,6,9-10,12H2,1-3H3,(H,19,23)(H,20,21,22). The van der Waals surface area contributed by atoms with Gasteiger partial charge in [-0.2, -0.15) is 0 Å². The normalized spacial score (nSPS) is 10.4. The highest BCUT2D eigenvalue weighted by atomic mass is 16.5. The Morgan fingerprint density at radius 2 is 2.00 bits per heavy atom. The van der Waals surface area contributed by atoms with Crippen molar-refractivity contribution in [3.8, 4) is 5.75 Å². The Hall–Kier alpha value is -2.67. The maximum absolute atomic E-state index is 12.2. The van der Waals surface area contributed by atoms with Crippen LogP contribution in [0, 0.1) is 6.92 Å². The summed E-state index contributed by atoms with van der Waals surface area (Å²) in [6.07, 6.45) is 0.755. The number of methoxy groups -OCH3 is 2. The van der Waals surface area contributed by atoms with Gasteiger partial charge in [0.25, 0.3) is 5.91 Å². The van der Waals surface area contributed by atoms with Gasteiger partial charge < -0.3 is 20.1 Å². The third kappa shape index (κ3) is 5.72. The number of rotatable bonds is 9. The van der Waals surface area contributed by atoms with E-state index in [-0.39, 0.29) is 5.91 Å². The molecule has 7 heteroatoms. The fourth-order valence-corrected chi connectivity index (χ4v) is 2.30. The van der Waals surface area contributed by atoms with Gasteiger partial charge in [-0.25, -0.2) is 9.97 Å². The van der Waals surface area contributed by atoms with E-state index >= 15 is 0 Å². The van der Waals surface area contributed by atoms with Crippen LogP contribution in [-0.2, 0) is 11.3 Å². The first kappa shape index (κ1) is 18.7. The van der Waals surface area contributed by atoms with E-state index in [1.807, 2.05) is 31.2 Å². The SMILES string of the molecule is COCCCNC(=O)c1cc(C)nc(NCc2ccccc2OC)n1. The molecule has 2 rings (SSSR count). The fraction of sp³-hybridized carbons (Fsp3) is 0.389. The minimum Gasteiger partial charge on any atom is -0.496 e. The maximum atomic E-state index is 12.2. The molecular formula is C18H24N4O3. The predicted octanol–water partition coefficient (Wildman–Crippen LogP) is 2.17. The van der Waals surface area contributed by atoms with Gasteiger partial charge in [0.1, 0.15) is 11.4 Å². The second kappa shape index (κ2) is 9.58. The number of anilines is 1. The molecule has 1 amide bonds. The molecule has 0 aliphatic rings. The van der Waals surface area contributed by atoms with E-state index in [1.54, 1.807) is 20.3 Å². The highest BCUT2D eigenvalue weighted by Crippen LogP contribution is 2.18. The molecule has 25 heavy (non-hydrogen) atoms. The highest BCUT2D eigenvalue weighted by molar-refractivity contribution is 5.92. The molecule has 1 heterocycles. The molecule has 134 valence electrons. The molecule has 0 spiro atoms. The second-order valence-corrected chi connectivity index (χ2v) is 5.49. The number of aryl methyl sites for hydroxylation is 1.